The molecule has 0 amide bonds. The lowest BCUT2D eigenvalue weighted by atomic mass is 10.1. The number of carbonyl (C=O) groups excluding carboxylic acids is 1. The number of anilines is 2. The minimum Gasteiger partial charge on any atom is -0.493 e. The zero-order chi connectivity index (χ0) is 22.5. The van der Waals surface area contributed by atoms with Gasteiger partial charge in [0.2, 0.25) is 0 Å². The van der Waals surface area contributed by atoms with Crippen molar-refractivity contribution < 1.29 is 14.3 Å². The number of pyridine rings is 1. The molecule has 8 heteroatoms. The highest BCUT2D eigenvalue weighted by Crippen LogP contribution is 2.40. The van der Waals surface area contributed by atoms with E-state index in [1.54, 1.807) is 49.0 Å². The zero-order valence-electron chi connectivity index (χ0n) is 18.3. The standard InChI is InChI=1S/C25H23ClN2O3S.ClH/c1-17(29)18-7-8-23(24(15-18)30-2)31-14-4-13-28(19-9-11-27-12-10-19)22-16-32-25-20(22)5-3-6-21(25)26;/h3,5-12,15-16H,4,13-14H2,1-2H3;1H. The molecule has 5 nitrogen and oxygen atoms in total. The first-order valence-electron chi connectivity index (χ1n) is 10.2. The van der Waals surface area contributed by atoms with Crippen LogP contribution < -0.4 is 14.4 Å². The molecule has 4 rings (SSSR count). The summed E-state index contributed by atoms with van der Waals surface area (Å²) in [6, 6.07) is 15.2. The number of hydrogen-bond donors (Lipinski definition) is 0. The molecule has 0 aliphatic heterocycles. The van der Waals surface area contributed by atoms with Crippen LogP contribution in [0.2, 0.25) is 5.02 Å². The fourth-order valence-electron chi connectivity index (χ4n) is 3.54. The molecule has 0 spiro atoms. The average Bonchev–Trinajstić information content (AvgIpc) is 3.25. The minimum atomic E-state index is -0.00839. The Morgan fingerprint density at radius 3 is 2.64 bits per heavy atom. The van der Waals surface area contributed by atoms with E-state index in [-0.39, 0.29) is 18.2 Å². The second-order valence-electron chi connectivity index (χ2n) is 7.22. The molecule has 0 atom stereocenters. The second kappa shape index (κ2) is 11.4. The third-order valence-electron chi connectivity index (χ3n) is 5.15. The van der Waals surface area contributed by atoms with Crippen molar-refractivity contribution in [1.29, 1.82) is 0 Å². The molecule has 0 radical (unpaired) electrons. The van der Waals surface area contributed by atoms with Crippen molar-refractivity contribution in [3.05, 3.63) is 76.9 Å². The van der Waals surface area contributed by atoms with Crippen LogP contribution in [0.5, 0.6) is 11.5 Å². The van der Waals surface area contributed by atoms with E-state index in [1.807, 2.05) is 24.3 Å². The number of aromatic nitrogens is 1. The van der Waals surface area contributed by atoms with Gasteiger partial charge in [0, 0.05) is 41.0 Å². The van der Waals surface area contributed by atoms with Crippen LogP contribution in [-0.2, 0) is 0 Å². The summed E-state index contributed by atoms with van der Waals surface area (Å²) in [4.78, 5) is 18.0. The predicted molar refractivity (Wildman–Crippen MR) is 138 cm³/mol. The van der Waals surface area contributed by atoms with Crippen molar-refractivity contribution in [2.75, 3.05) is 25.2 Å². The van der Waals surface area contributed by atoms with Crippen LogP contribution >= 0.6 is 35.3 Å². The number of thiophene rings is 1. The zero-order valence-corrected chi connectivity index (χ0v) is 20.7. The lowest BCUT2D eigenvalue weighted by Gasteiger charge is -2.24. The minimum absolute atomic E-state index is 0. The maximum Gasteiger partial charge on any atom is 0.161 e. The largest absolute Gasteiger partial charge is 0.493 e. The average molecular weight is 503 g/mol. The number of Topliss-reactive ketones (excluding diaryl/α,β-unsaturated/α-hetero) is 1. The lowest BCUT2D eigenvalue weighted by Crippen LogP contribution is -2.20. The Hall–Kier alpha value is -2.80. The van der Waals surface area contributed by atoms with Gasteiger partial charge in [-0.3, -0.25) is 9.78 Å². The van der Waals surface area contributed by atoms with Crippen molar-refractivity contribution >= 4 is 62.6 Å². The quantitative estimate of drug-likeness (QED) is 0.179. The number of fused-ring (bicyclic) bond motifs is 1. The Morgan fingerprint density at radius 2 is 1.91 bits per heavy atom. The summed E-state index contributed by atoms with van der Waals surface area (Å²) in [7, 11) is 1.57. The molecular formula is C25H24Cl2N2O3S. The Bertz CT molecular complexity index is 1230. The first-order chi connectivity index (χ1) is 15.6. The SMILES string of the molecule is COc1cc(C(C)=O)ccc1OCCCN(c1ccncc1)c1csc2c(Cl)cccc12.Cl. The summed E-state index contributed by atoms with van der Waals surface area (Å²) >= 11 is 8.05. The van der Waals surface area contributed by atoms with Gasteiger partial charge in [-0.05, 0) is 49.7 Å². The van der Waals surface area contributed by atoms with Crippen LogP contribution in [0.3, 0.4) is 0 Å². The highest BCUT2D eigenvalue weighted by Gasteiger charge is 2.16. The molecule has 2 aromatic carbocycles. The number of hydrogen-bond acceptors (Lipinski definition) is 6. The summed E-state index contributed by atoms with van der Waals surface area (Å²) in [6.45, 7) is 2.78. The Morgan fingerprint density at radius 1 is 1.12 bits per heavy atom. The molecule has 0 bridgehead atoms. The van der Waals surface area contributed by atoms with E-state index in [2.05, 4.69) is 21.3 Å². The summed E-state index contributed by atoms with van der Waals surface area (Å²) < 4.78 is 12.5. The first kappa shape index (κ1) is 24.8. The van der Waals surface area contributed by atoms with E-state index in [0.717, 1.165) is 39.4 Å². The molecule has 172 valence electrons. The van der Waals surface area contributed by atoms with Crippen LogP contribution in [0.25, 0.3) is 10.1 Å². The lowest BCUT2D eigenvalue weighted by molar-refractivity contribution is 0.101. The summed E-state index contributed by atoms with van der Waals surface area (Å²) in [5.41, 5.74) is 2.77. The molecule has 0 unspecified atom stereocenters. The van der Waals surface area contributed by atoms with Gasteiger partial charge in [-0.15, -0.1) is 23.7 Å². The van der Waals surface area contributed by atoms with E-state index in [9.17, 15) is 4.79 Å². The molecule has 0 aliphatic rings. The van der Waals surface area contributed by atoms with E-state index in [4.69, 9.17) is 21.1 Å². The molecule has 0 aliphatic carbocycles. The van der Waals surface area contributed by atoms with Gasteiger partial charge in [0.1, 0.15) is 0 Å². The molecule has 4 aromatic rings. The number of halogens is 2. The third kappa shape index (κ3) is 5.58. The van der Waals surface area contributed by atoms with Gasteiger partial charge in [0.25, 0.3) is 0 Å². The number of carbonyl (C=O) groups is 1. The topological polar surface area (TPSA) is 51.7 Å². The molecule has 2 heterocycles. The van der Waals surface area contributed by atoms with E-state index >= 15 is 0 Å². The molecule has 2 aromatic heterocycles. The van der Waals surface area contributed by atoms with Gasteiger partial charge in [-0.1, -0.05) is 23.7 Å². The van der Waals surface area contributed by atoms with Crippen molar-refractivity contribution in [1.82, 2.24) is 4.98 Å². The Kier molecular flexibility index (Phi) is 8.55. The molecule has 0 N–H and O–H groups in total. The first-order valence-corrected chi connectivity index (χ1v) is 11.5. The molecule has 0 saturated heterocycles. The number of ketones is 1. The van der Waals surface area contributed by atoms with Crippen molar-refractivity contribution in [2.45, 2.75) is 13.3 Å². The second-order valence-corrected chi connectivity index (χ2v) is 8.51. The van der Waals surface area contributed by atoms with Crippen molar-refractivity contribution in [2.24, 2.45) is 0 Å². The maximum atomic E-state index is 11.6. The highest BCUT2D eigenvalue weighted by atomic mass is 35.5. The molecule has 0 saturated carbocycles. The highest BCUT2D eigenvalue weighted by molar-refractivity contribution is 7.18. The van der Waals surface area contributed by atoms with Crippen LogP contribution in [0, 0.1) is 0 Å². The number of methoxy groups -OCH3 is 1. The summed E-state index contributed by atoms with van der Waals surface area (Å²) in [5, 5.41) is 4.03. The fraction of sp³-hybridized carbons (Fsp3) is 0.200. The number of benzene rings is 2. The normalized spacial score (nSPS) is 10.5. The van der Waals surface area contributed by atoms with Crippen molar-refractivity contribution in [3.63, 3.8) is 0 Å². The maximum absolute atomic E-state index is 11.6. The van der Waals surface area contributed by atoms with Gasteiger partial charge in [-0.2, -0.15) is 0 Å². The monoisotopic (exact) mass is 502 g/mol. The Balaban J connectivity index is 0.00000306. The Labute approximate surface area is 208 Å². The van der Waals surface area contributed by atoms with Crippen LogP contribution in [0.4, 0.5) is 11.4 Å². The van der Waals surface area contributed by atoms with Gasteiger partial charge < -0.3 is 14.4 Å². The molecule has 33 heavy (non-hydrogen) atoms. The summed E-state index contributed by atoms with van der Waals surface area (Å²) in [6.07, 6.45) is 4.36. The number of nitrogens with zero attached hydrogens (tertiary/aromatic N) is 2. The third-order valence-corrected chi connectivity index (χ3v) is 6.59. The molecule has 0 fully saturated rings. The van der Waals surface area contributed by atoms with Crippen LogP contribution in [0.15, 0.2) is 66.3 Å². The number of rotatable bonds is 9. The van der Waals surface area contributed by atoms with Gasteiger partial charge in [0.15, 0.2) is 17.3 Å². The van der Waals surface area contributed by atoms with Crippen LogP contribution in [0.1, 0.15) is 23.7 Å². The van der Waals surface area contributed by atoms with Gasteiger partial charge in [-0.25, -0.2) is 0 Å². The summed E-state index contributed by atoms with van der Waals surface area (Å²) in [5.74, 6) is 1.17. The number of ether oxygens (including phenoxy) is 2. The van der Waals surface area contributed by atoms with Gasteiger partial charge >= 0.3 is 0 Å². The predicted octanol–water partition coefficient (Wildman–Crippen LogP) is 7.19. The van der Waals surface area contributed by atoms with E-state index in [0.29, 0.717) is 23.7 Å². The smallest absolute Gasteiger partial charge is 0.161 e. The van der Waals surface area contributed by atoms with E-state index in [1.165, 1.54) is 6.92 Å². The molecular weight excluding hydrogens is 479 g/mol. The van der Waals surface area contributed by atoms with Crippen molar-refractivity contribution in [3.8, 4) is 11.5 Å². The van der Waals surface area contributed by atoms with Crippen LogP contribution in [-0.4, -0.2) is 31.0 Å². The van der Waals surface area contributed by atoms with E-state index < -0.39 is 0 Å². The van der Waals surface area contributed by atoms with Gasteiger partial charge in [0.05, 0.1) is 29.1 Å². The fourth-order valence-corrected chi connectivity index (χ4v) is 4.81.